The van der Waals surface area contributed by atoms with Gasteiger partial charge in [0.1, 0.15) is 6.17 Å². The molecule has 0 aromatic rings. The molecule has 0 spiro atoms. The Morgan fingerprint density at radius 1 is 1.14 bits per heavy atom. The maximum Gasteiger partial charge on any atom is 0.241 e. The van der Waals surface area contributed by atoms with Crippen LogP contribution in [-0.2, 0) is 0 Å². The van der Waals surface area contributed by atoms with Gasteiger partial charge in [-0.3, -0.25) is 0 Å². The second-order valence-corrected chi connectivity index (χ2v) is 5.40. The van der Waals surface area contributed by atoms with Crippen molar-refractivity contribution in [3.8, 4) is 0 Å². The second kappa shape index (κ2) is 4.11. The van der Waals surface area contributed by atoms with Crippen molar-refractivity contribution >= 4 is 0 Å². The molecule has 0 saturated heterocycles. The first-order chi connectivity index (χ1) is 6.32. The smallest absolute Gasteiger partial charge is 0.241 e. The summed E-state index contributed by atoms with van der Waals surface area (Å²) in [6, 6.07) is 0. The minimum Gasteiger partial charge on any atom is -0.247 e. The van der Waals surface area contributed by atoms with Crippen LogP contribution in [0.3, 0.4) is 0 Å². The van der Waals surface area contributed by atoms with Gasteiger partial charge in [-0.05, 0) is 30.6 Å². The Kier molecular flexibility index (Phi) is 3.49. The van der Waals surface area contributed by atoms with Crippen LogP contribution in [0.4, 0.5) is 13.2 Å². The first-order valence-corrected chi connectivity index (χ1v) is 5.24. The molecule has 0 aromatic heterocycles. The zero-order valence-corrected chi connectivity index (χ0v) is 9.06. The van der Waals surface area contributed by atoms with Crippen molar-refractivity contribution < 1.29 is 13.2 Å². The molecule has 1 aliphatic carbocycles. The summed E-state index contributed by atoms with van der Waals surface area (Å²) >= 11 is 0. The maximum absolute atomic E-state index is 13.6. The van der Waals surface area contributed by atoms with Gasteiger partial charge in [0.2, 0.25) is 6.43 Å². The van der Waals surface area contributed by atoms with E-state index in [2.05, 4.69) is 0 Å². The molecule has 0 heterocycles. The van der Waals surface area contributed by atoms with Gasteiger partial charge in [-0.1, -0.05) is 20.8 Å². The van der Waals surface area contributed by atoms with Crippen LogP contribution in [0.5, 0.6) is 0 Å². The zero-order valence-electron chi connectivity index (χ0n) is 9.06. The van der Waals surface area contributed by atoms with Gasteiger partial charge in [0, 0.05) is 5.92 Å². The van der Waals surface area contributed by atoms with Crippen LogP contribution < -0.4 is 0 Å². The van der Waals surface area contributed by atoms with Gasteiger partial charge in [0.15, 0.2) is 0 Å². The Balaban J connectivity index is 2.56. The molecule has 0 amide bonds. The Labute approximate surface area is 83.9 Å². The summed E-state index contributed by atoms with van der Waals surface area (Å²) in [5, 5.41) is 0. The molecular formula is C11H19F3. The molecule has 1 saturated carbocycles. The highest BCUT2D eigenvalue weighted by atomic mass is 19.3. The highest BCUT2D eigenvalue weighted by Crippen LogP contribution is 2.42. The average molecular weight is 208 g/mol. The molecule has 14 heavy (non-hydrogen) atoms. The predicted octanol–water partition coefficient (Wildman–Crippen LogP) is 4.05. The van der Waals surface area contributed by atoms with E-state index >= 15 is 0 Å². The first kappa shape index (κ1) is 11.9. The summed E-state index contributed by atoms with van der Waals surface area (Å²) in [7, 11) is 0. The van der Waals surface area contributed by atoms with E-state index in [1.54, 1.807) is 0 Å². The molecule has 0 aliphatic heterocycles. The van der Waals surface area contributed by atoms with E-state index in [4.69, 9.17) is 0 Å². The van der Waals surface area contributed by atoms with Crippen molar-refractivity contribution in [1.82, 2.24) is 0 Å². The first-order valence-electron chi connectivity index (χ1n) is 5.24. The molecule has 1 rings (SSSR count). The largest absolute Gasteiger partial charge is 0.247 e. The maximum atomic E-state index is 13.6. The fourth-order valence-electron chi connectivity index (χ4n) is 2.35. The summed E-state index contributed by atoms with van der Waals surface area (Å²) in [4.78, 5) is 0. The Bertz CT molecular complexity index is 183. The van der Waals surface area contributed by atoms with Crippen molar-refractivity contribution in [3.05, 3.63) is 0 Å². The SMILES string of the molecule is CC(C)(C)C1CCC(C(F)F)CC1F. The van der Waals surface area contributed by atoms with Gasteiger partial charge in [0.25, 0.3) is 0 Å². The van der Waals surface area contributed by atoms with E-state index in [1.165, 1.54) is 0 Å². The molecule has 3 unspecified atom stereocenters. The van der Waals surface area contributed by atoms with Crippen LogP contribution in [0, 0.1) is 17.3 Å². The molecule has 0 bridgehead atoms. The van der Waals surface area contributed by atoms with Crippen LogP contribution in [0.1, 0.15) is 40.0 Å². The monoisotopic (exact) mass is 208 g/mol. The number of rotatable bonds is 1. The summed E-state index contributed by atoms with van der Waals surface area (Å²) < 4.78 is 38.3. The van der Waals surface area contributed by atoms with Crippen LogP contribution in [0.2, 0.25) is 0 Å². The van der Waals surface area contributed by atoms with Gasteiger partial charge in [-0.25, -0.2) is 13.2 Å². The summed E-state index contributed by atoms with van der Waals surface area (Å²) in [6.07, 6.45) is -2.30. The van der Waals surface area contributed by atoms with E-state index in [0.29, 0.717) is 12.8 Å². The molecule has 0 radical (unpaired) electrons. The minimum absolute atomic E-state index is 0.0413. The average Bonchev–Trinajstić information content (AvgIpc) is 2.01. The summed E-state index contributed by atoms with van der Waals surface area (Å²) in [5.74, 6) is -0.777. The van der Waals surface area contributed by atoms with Gasteiger partial charge in [-0.2, -0.15) is 0 Å². The topological polar surface area (TPSA) is 0 Å². The Morgan fingerprint density at radius 2 is 1.71 bits per heavy atom. The third kappa shape index (κ3) is 2.64. The standard InChI is InChI=1S/C11H19F3/c1-11(2,3)8-5-4-7(10(13)14)6-9(8)12/h7-10H,4-6H2,1-3H3. The molecule has 3 atom stereocenters. The zero-order chi connectivity index (χ0) is 10.9. The predicted molar refractivity (Wildman–Crippen MR) is 51.2 cm³/mol. The minimum atomic E-state index is -2.35. The van der Waals surface area contributed by atoms with Crippen LogP contribution in [0.25, 0.3) is 0 Å². The fraction of sp³-hybridized carbons (Fsp3) is 1.00. The molecule has 1 aliphatic rings. The normalized spacial score (nSPS) is 34.9. The third-order valence-electron chi connectivity index (χ3n) is 3.28. The lowest BCUT2D eigenvalue weighted by atomic mass is 9.69. The van der Waals surface area contributed by atoms with Gasteiger partial charge in [0.05, 0.1) is 0 Å². The highest BCUT2D eigenvalue weighted by Gasteiger charge is 2.39. The van der Waals surface area contributed by atoms with Crippen molar-refractivity contribution in [2.75, 3.05) is 0 Å². The van der Waals surface area contributed by atoms with Crippen LogP contribution in [0.15, 0.2) is 0 Å². The van der Waals surface area contributed by atoms with E-state index in [-0.39, 0.29) is 17.8 Å². The number of hydrogen-bond donors (Lipinski definition) is 0. The molecule has 0 aromatic carbocycles. The summed E-state index contributed by atoms with van der Waals surface area (Å²) in [5.41, 5.74) is -0.105. The summed E-state index contributed by atoms with van der Waals surface area (Å²) in [6.45, 7) is 5.94. The molecule has 0 N–H and O–H groups in total. The number of hydrogen-bond acceptors (Lipinski definition) is 0. The lowest BCUT2D eigenvalue weighted by Crippen LogP contribution is -2.36. The second-order valence-electron chi connectivity index (χ2n) is 5.40. The Morgan fingerprint density at radius 3 is 2.07 bits per heavy atom. The van der Waals surface area contributed by atoms with Crippen molar-refractivity contribution in [1.29, 1.82) is 0 Å². The van der Waals surface area contributed by atoms with E-state index in [9.17, 15) is 13.2 Å². The van der Waals surface area contributed by atoms with Crippen molar-refractivity contribution in [2.45, 2.75) is 52.6 Å². The lowest BCUT2D eigenvalue weighted by Gasteiger charge is -2.39. The van der Waals surface area contributed by atoms with Crippen LogP contribution >= 0.6 is 0 Å². The van der Waals surface area contributed by atoms with E-state index < -0.39 is 18.5 Å². The van der Waals surface area contributed by atoms with E-state index in [1.807, 2.05) is 20.8 Å². The third-order valence-corrected chi connectivity index (χ3v) is 3.28. The van der Waals surface area contributed by atoms with Crippen molar-refractivity contribution in [3.63, 3.8) is 0 Å². The fourth-order valence-corrected chi connectivity index (χ4v) is 2.35. The Hall–Kier alpha value is -0.210. The lowest BCUT2D eigenvalue weighted by molar-refractivity contribution is -0.0129. The van der Waals surface area contributed by atoms with Crippen LogP contribution in [-0.4, -0.2) is 12.6 Å². The van der Waals surface area contributed by atoms with Crippen molar-refractivity contribution in [2.24, 2.45) is 17.3 Å². The molecule has 1 fully saturated rings. The van der Waals surface area contributed by atoms with Gasteiger partial charge in [-0.15, -0.1) is 0 Å². The van der Waals surface area contributed by atoms with Gasteiger partial charge >= 0.3 is 0 Å². The van der Waals surface area contributed by atoms with E-state index in [0.717, 1.165) is 0 Å². The van der Waals surface area contributed by atoms with Gasteiger partial charge < -0.3 is 0 Å². The molecular weight excluding hydrogens is 189 g/mol. The quantitative estimate of drug-likeness (QED) is 0.609. The number of halogens is 3. The molecule has 84 valence electrons. The highest BCUT2D eigenvalue weighted by molar-refractivity contribution is 4.87. The molecule has 3 heteroatoms. The number of alkyl halides is 3. The molecule has 0 nitrogen and oxygen atoms in total.